The lowest BCUT2D eigenvalue weighted by Gasteiger charge is -2.41. The molecule has 0 spiro atoms. The number of carbonyl (C=O) groups excluding carboxylic acids is 2. The third-order valence-corrected chi connectivity index (χ3v) is 8.19. The van der Waals surface area contributed by atoms with Crippen LogP contribution < -0.4 is 0 Å². The molecule has 4 rings (SSSR count). The number of sulfonamides is 1. The van der Waals surface area contributed by atoms with Gasteiger partial charge in [-0.15, -0.1) is 0 Å². The number of piperazine rings is 1. The molecule has 2 saturated heterocycles. The Labute approximate surface area is 183 Å². The number of amides is 2. The molecule has 2 aliphatic rings. The van der Waals surface area contributed by atoms with Crippen LogP contribution in [0.15, 0.2) is 59.5 Å². The zero-order valence-corrected chi connectivity index (χ0v) is 18.4. The maximum absolute atomic E-state index is 13.0. The summed E-state index contributed by atoms with van der Waals surface area (Å²) in [4.78, 5) is 29.0. The molecule has 2 aromatic rings. The van der Waals surface area contributed by atoms with Gasteiger partial charge in [0.25, 0.3) is 0 Å². The van der Waals surface area contributed by atoms with Crippen molar-refractivity contribution in [2.24, 2.45) is 0 Å². The molecule has 7 nitrogen and oxygen atoms in total. The Morgan fingerprint density at radius 2 is 1.48 bits per heavy atom. The van der Waals surface area contributed by atoms with Crippen LogP contribution in [0.3, 0.4) is 0 Å². The van der Waals surface area contributed by atoms with Crippen LogP contribution in [0.5, 0.6) is 0 Å². The molecule has 0 saturated carbocycles. The number of hydrogen-bond acceptors (Lipinski definition) is 4. The zero-order chi connectivity index (χ0) is 22.0. The minimum atomic E-state index is -3.56. The van der Waals surface area contributed by atoms with E-state index in [0.717, 1.165) is 11.1 Å². The summed E-state index contributed by atoms with van der Waals surface area (Å²) >= 11 is 0. The number of nitrogens with zero attached hydrogens (tertiary/aromatic N) is 3. The Morgan fingerprint density at radius 1 is 0.839 bits per heavy atom. The molecule has 0 aliphatic carbocycles. The molecule has 0 N–H and O–H groups in total. The minimum absolute atomic E-state index is 0.112. The van der Waals surface area contributed by atoms with E-state index < -0.39 is 21.8 Å². The van der Waals surface area contributed by atoms with Gasteiger partial charge in [0, 0.05) is 38.8 Å². The molecule has 2 aromatic carbocycles. The van der Waals surface area contributed by atoms with E-state index in [-0.39, 0.29) is 6.04 Å². The van der Waals surface area contributed by atoms with E-state index in [9.17, 15) is 18.0 Å². The standard InChI is InChI=1S/C23H27N3O4S/c1-18-7-5-6-10-21(18)31(29,30)25-13-11-20(12-14-25)26-16-15-24(22(27)23(26)28)17-19-8-3-2-4-9-19/h2-10,20H,11-17H2,1H3. The highest BCUT2D eigenvalue weighted by Gasteiger charge is 2.39. The third kappa shape index (κ3) is 4.36. The normalized spacial score (nSPS) is 19.1. The van der Waals surface area contributed by atoms with Gasteiger partial charge in [-0.1, -0.05) is 48.5 Å². The lowest BCUT2D eigenvalue weighted by molar-refractivity contribution is -0.158. The van der Waals surface area contributed by atoms with E-state index in [1.807, 2.05) is 36.4 Å². The van der Waals surface area contributed by atoms with Gasteiger partial charge in [0.1, 0.15) is 0 Å². The molecule has 2 amide bonds. The van der Waals surface area contributed by atoms with Gasteiger partial charge >= 0.3 is 11.8 Å². The monoisotopic (exact) mass is 441 g/mol. The maximum atomic E-state index is 13.0. The van der Waals surface area contributed by atoms with E-state index in [2.05, 4.69) is 0 Å². The van der Waals surface area contributed by atoms with Crippen LogP contribution in [0.1, 0.15) is 24.0 Å². The van der Waals surface area contributed by atoms with Crippen LogP contribution >= 0.6 is 0 Å². The average Bonchev–Trinajstić information content (AvgIpc) is 2.78. The van der Waals surface area contributed by atoms with Gasteiger partial charge in [-0.05, 0) is 37.0 Å². The minimum Gasteiger partial charge on any atom is -0.330 e. The Kier molecular flexibility index (Phi) is 6.11. The smallest absolute Gasteiger partial charge is 0.312 e. The largest absolute Gasteiger partial charge is 0.330 e. The van der Waals surface area contributed by atoms with Crippen molar-refractivity contribution < 1.29 is 18.0 Å². The summed E-state index contributed by atoms with van der Waals surface area (Å²) in [5.41, 5.74) is 1.71. The summed E-state index contributed by atoms with van der Waals surface area (Å²) in [6.07, 6.45) is 1.06. The first kappa shape index (κ1) is 21.5. The fraction of sp³-hybridized carbons (Fsp3) is 0.391. The molecule has 0 aromatic heterocycles. The maximum Gasteiger partial charge on any atom is 0.312 e. The Balaban J connectivity index is 1.38. The van der Waals surface area contributed by atoms with Gasteiger partial charge in [0.05, 0.1) is 4.90 Å². The lowest BCUT2D eigenvalue weighted by Crippen LogP contribution is -2.58. The van der Waals surface area contributed by atoms with E-state index >= 15 is 0 Å². The van der Waals surface area contributed by atoms with Crippen molar-refractivity contribution >= 4 is 21.8 Å². The summed E-state index contributed by atoms with van der Waals surface area (Å²) in [5, 5.41) is 0. The van der Waals surface area contributed by atoms with Crippen LogP contribution in [0.2, 0.25) is 0 Å². The Hall–Kier alpha value is -2.71. The summed E-state index contributed by atoms with van der Waals surface area (Å²) < 4.78 is 27.5. The SMILES string of the molecule is Cc1ccccc1S(=O)(=O)N1CCC(N2CCN(Cc3ccccc3)C(=O)C2=O)CC1. The predicted octanol–water partition coefficient (Wildman–Crippen LogP) is 2.02. The van der Waals surface area contributed by atoms with E-state index in [0.29, 0.717) is 50.5 Å². The molecule has 31 heavy (non-hydrogen) atoms. The molecular weight excluding hydrogens is 414 g/mol. The van der Waals surface area contributed by atoms with E-state index in [1.54, 1.807) is 34.9 Å². The highest BCUT2D eigenvalue weighted by Crippen LogP contribution is 2.26. The molecule has 0 atom stereocenters. The molecule has 0 unspecified atom stereocenters. The fourth-order valence-electron chi connectivity index (χ4n) is 4.37. The second kappa shape index (κ2) is 8.80. The van der Waals surface area contributed by atoms with Crippen LogP contribution in [-0.4, -0.2) is 66.6 Å². The first-order valence-corrected chi connectivity index (χ1v) is 12.0. The molecular formula is C23H27N3O4S. The van der Waals surface area contributed by atoms with Crippen molar-refractivity contribution in [1.29, 1.82) is 0 Å². The van der Waals surface area contributed by atoms with Crippen molar-refractivity contribution in [3.63, 3.8) is 0 Å². The van der Waals surface area contributed by atoms with E-state index in [4.69, 9.17) is 0 Å². The number of carbonyl (C=O) groups is 2. The number of piperidine rings is 1. The van der Waals surface area contributed by atoms with Crippen molar-refractivity contribution in [2.45, 2.75) is 37.2 Å². The highest BCUT2D eigenvalue weighted by molar-refractivity contribution is 7.89. The summed E-state index contributed by atoms with van der Waals surface area (Å²) in [6.45, 7) is 3.86. The van der Waals surface area contributed by atoms with Crippen LogP contribution in [0, 0.1) is 6.92 Å². The number of hydrogen-bond donors (Lipinski definition) is 0. The molecule has 0 radical (unpaired) electrons. The van der Waals surface area contributed by atoms with Crippen molar-refractivity contribution in [1.82, 2.24) is 14.1 Å². The molecule has 2 aliphatic heterocycles. The van der Waals surface area contributed by atoms with Gasteiger partial charge in [-0.3, -0.25) is 9.59 Å². The first-order valence-electron chi connectivity index (χ1n) is 10.6. The Bertz CT molecular complexity index is 1060. The molecule has 0 bridgehead atoms. The molecule has 2 heterocycles. The highest BCUT2D eigenvalue weighted by atomic mass is 32.2. The molecule has 8 heteroatoms. The summed E-state index contributed by atoms with van der Waals surface area (Å²) in [7, 11) is -3.56. The van der Waals surface area contributed by atoms with Gasteiger partial charge in [-0.25, -0.2) is 8.42 Å². The van der Waals surface area contributed by atoms with Crippen molar-refractivity contribution in [2.75, 3.05) is 26.2 Å². The molecule has 164 valence electrons. The quantitative estimate of drug-likeness (QED) is 0.665. The van der Waals surface area contributed by atoms with Crippen molar-refractivity contribution in [3.05, 3.63) is 65.7 Å². The first-order chi connectivity index (χ1) is 14.9. The predicted molar refractivity (Wildman–Crippen MR) is 117 cm³/mol. The lowest BCUT2D eigenvalue weighted by atomic mass is 10.0. The van der Waals surface area contributed by atoms with Crippen molar-refractivity contribution in [3.8, 4) is 0 Å². The third-order valence-electron chi connectivity index (χ3n) is 6.13. The van der Waals surface area contributed by atoms with Crippen LogP contribution in [-0.2, 0) is 26.2 Å². The van der Waals surface area contributed by atoms with Gasteiger partial charge in [0.15, 0.2) is 0 Å². The van der Waals surface area contributed by atoms with Gasteiger partial charge < -0.3 is 9.80 Å². The number of rotatable bonds is 5. The summed E-state index contributed by atoms with van der Waals surface area (Å²) in [5.74, 6) is -0.965. The topological polar surface area (TPSA) is 78.0 Å². The second-order valence-electron chi connectivity index (χ2n) is 8.11. The van der Waals surface area contributed by atoms with E-state index in [1.165, 1.54) is 4.31 Å². The van der Waals surface area contributed by atoms with Gasteiger partial charge in [0.2, 0.25) is 10.0 Å². The number of aryl methyl sites for hydroxylation is 1. The summed E-state index contributed by atoms with van der Waals surface area (Å²) in [6, 6.07) is 16.5. The number of benzene rings is 2. The molecule has 2 fully saturated rings. The fourth-order valence-corrected chi connectivity index (χ4v) is 6.07. The van der Waals surface area contributed by atoms with Gasteiger partial charge in [-0.2, -0.15) is 4.31 Å². The van der Waals surface area contributed by atoms with Crippen LogP contribution in [0.4, 0.5) is 0 Å². The zero-order valence-electron chi connectivity index (χ0n) is 17.6. The van der Waals surface area contributed by atoms with Crippen LogP contribution in [0.25, 0.3) is 0 Å². The second-order valence-corrected chi connectivity index (χ2v) is 10.0. The Morgan fingerprint density at radius 3 is 2.16 bits per heavy atom. The average molecular weight is 442 g/mol.